The zero-order chi connectivity index (χ0) is 17.1. The van der Waals surface area contributed by atoms with E-state index < -0.39 is 11.5 Å². The molecule has 0 radical (unpaired) electrons. The lowest BCUT2D eigenvalue weighted by atomic mass is 10.1. The number of aromatic nitrogens is 3. The van der Waals surface area contributed by atoms with Crippen molar-refractivity contribution < 1.29 is 9.32 Å². The van der Waals surface area contributed by atoms with E-state index >= 15 is 0 Å². The van der Waals surface area contributed by atoms with Crippen LogP contribution in [0.15, 0.2) is 39.6 Å². The van der Waals surface area contributed by atoms with Crippen molar-refractivity contribution >= 4 is 16.8 Å². The summed E-state index contributed by atoms with van der Waals surface area (Å²) in [6.07, 6.45) is 5.11. The molecule has 0 aliphatic heterocycles. The predicted molar refractivity (Wildman–Crippen MR) is 88.1 cm³/mol. The van der Waals surface area contributed by atoms with Gasteiger partial charge in [0.15, 0.2) is 5.52 Å². The molecule has 0 saturated carbocycles. The van der Waals surface area contributed by atoms with E-state index in [0.717, 1.165) is 10.2 Å². The summed E-state index contributed by atoms with van der Waals surface area (Å²) in [6, 6.07) is 9.33. The van der Waals surface area contributed by atoms with Crippen molar-refractivity contribution in [3.05, 3.63) is 46.4 Å². The Morgan fingerprint density at radius 1 is 1.38 bits per heavy atom. The number of aryl methyl sites for hydroxylation is 1. The fourth-order valence-corrected chi connectivity index (χ4v) is 2.38. The fraction of sp³-hybridized carbons (Fsp3) is 0.176. The summed E-state index contributed by atoms with van der Waals surface area (Å²) in [5.74, 6) is 2.40. The number of hydrogen-bond acceptors (Lipinski definition) is 5. The molecule has 3 rings (SSSR count). The van der Waals surface area contributed by atoms with E-state index in [1.165, 1.54) is 0 Å². The van der Waals surface area contributed by atoms with Gasteiger partial charge < -0.3 is 9.84 Å². The summed E-state index contributed by atoms with van der Waals surface area (Å²) >= 11 is 0. The van der Waals surface area contributed by atoms with E-state index in [4.69, 9.17) is 10.9 Å². The minimum Gasteiger partial charge on any atom is -0.360 e. The lowest BCUT2D eigenvalue weighted by Crippen LogP contribution is -2.34. The summed E-state index contributed by atoms with van der Waals surface area (Å²) in [6.45, 7) is 1.56. The summed E-state index contributed by atoms with van der Waals surface area (Å²) in [5.41, 5.74) is 0.990. The van der Waals surface area contributed by atoms with Gasteiger partial charge in [-0.05, 0) is 6.92 Å². The second-order valence-corrected chi connectivity index (χ2v) is 5.12. The molecule has 0 aliphatic carbocycles. The van der Waals surface area contributed by atoms with Crippen molar-refractivity contribution in [1.29, 1.82) is 0 Å². The van der Waals surface area contributed by atoms with Crippen molar-refractivity contribution in [1.82, 2.24) is 20.3 Å². The molecule has 0 saturated heterocycles. The maximum atomic E-state index is 12.5. The zero-order valence-corrected chi connectivity index (χ0v) is 12.9. The normalized spacial score (nSPS) is 10.5. The molecule has 2 heterocycles. The maximum Gasteiger partial charge on any atom is 0.297 e. The number of carbonyl (C=O) groups excluding carboxylic acids is 1. The van der Waals surface area contributed by atoms with E-state index in [0.29, 0.717) is 16.8 Å². The Balaban J connectivity index is 2.15. The third-order valence-electron chi connectivity index (χ3n) is 3.49. The van der Waals surface area contributed by atoms with Crippen molar-refractivity contribution in [2.24, 2.45) is 0 Å². The lowest BCUT2D eigenvalue weighted by Gasteiger charge is -2.08. The molecule has 1 amide bonds. The first-order valence-electron chi connectivity index (χ1n) is 7.24. The van der Waals surface area contributed by atoms with E-state index in [9.17, 15) is 9.59 Å². The van der Waals surface area contributed by atoms with E-state index in [1.807, 2.05) is 30.3 Å². The number of nitrogens with zero attached hydrogens (tertiary/aromatic N) is 3. The quantitative estimate of drug-likeness (QED) is 0.727. The van der Waals surface area contributed by atoms with Crippen LogP contribution >= 0.6 is 0 Å². The number of nitrogens with one attached hydrogen (secondary N) is 1. The first kappa shape index (κ1) is 15.5. The third-order valence-corrected chi connectivity index (χ3v) is 3.49. The Bertz CT molecular complexity index is 996. The zero-order valence-electron chi connectivity index (χ0n) is 12.9. The topological polar surface area (TPSA) is 90.0 Å². The average molecular weight is 322 g/mol. The molecule has 0 spiro atoms. The Hall–Kier alpha value is -3.40. The first-order valence-corrected chi connectivity index (χ1v) is 7.24. The molecule has 0 bridgehead atoms. The van der Waals surface area contributed by atoms with Crippen LogP contribution in [0.25, 0.3) is 22.2 Å². The molecule has 7 nitrogen and oxygen atoms in total. The van der Waals surface area contributed by atoms with Gasteiger partial charge in [0.2, 0.25) is 5.91 Å². The highest BCUT2D eigenvalue weighted by atomic mass is 16.5. The van der Waals surface area contributed by atoms with Gasteiger partial charge >= 0.3 is 0 Å². The minimum absolute atomic E-state index is 0.0877. The van der Waals surface area contributed by atoms with Gasteiger partial charge in [0.1, 0.15) is 18.0 Å². The van der Waals surface area contributed by atoms with Crippen LogP contribution in [0, 0.1) is 19.3 Å². The highest BCUT2D eigenvalue weighted by Gasteiger charge is 2.19. The Morgan fingerprint density at radius 2 is 2.12 bits per heavy atom. The van der Waals surface area contributed by atoms with Crippen LogP contribution in [0.4, 0.5) is 0 Å². The minimum atomic E-state index is -0.489. The predicted octanol–water partition coefficient (Wildman–Crippen LogP) is 1.11. The van der Waals surface area contributed by atoms with E-state index in [1.54, 1.807) is 6.92 Å². The summed E-state index contributed by atoms with van der Waals surface area (Å²) in [7, 11) is 0. The summed E-state index contributed by atoms with van der Waals surface area (Å²) in [5, 5.41) is 11.2. The molecule has 1 N–H and O–H groups in total. The van der Waals surface area contributed by atoms with Crippen molar-refractivity contribution in [2.45, 2.75) is 13.5 Å². The second kappa shape index (κ2) is 6.38. The van der Waals surface area contributed by atoms with Gasteiger partial charge in [-0.25, -0.2) is 4.68 Å². The van der Waals surface area contributed by atoms with Crippen LogP contribution in [0.3, 0.4) is 0 Å². The highest BCUT2D eigenvalue weighted by Crippen LogP contribution is 2.26. The van der Waals surface area contributed by atoms with Gasteiger partial charge in [-0.1, -0.05) is 41.4 Å². The van der Waals surface area contributed by atoms with Gasteiger partial charge in [0.05, 0.1) is 11.9 Å². The molecule has 7 heteroatoms. The molecule has 0 unspecified atom stereocenters. The number of hydrogen-bond donors (Lipinski definition) is 1. The molecular formula is C17H14N4O3. The fourth-order valence-electron chi connectivity index (χ4n) is 2.38. The number of benzene rings is 1. The van der Waals surface area contributed by atoms with Gasteiger partial charge in [0, 0.05) is 5.56 Å². The molecule has 0 fully saturated rings. The maximum absolute atomic E-state index is 12.5. The van der Waals surface area contributed by atoms with Gasteiger partial charge in [-0.3, -0.25) is 9.59 Å². The number of amides is 1. The van der Waals surface area contributed by atoms with Crippen molar-refractivity contribution in [3.8, 4) is 23.6 Å². The first-order chi connectivity index (χ1) is 11.6. The van der Waals surface area contributed by atoms with Crippen LogP contribution in [-0.2, 0) is 11.3 Å². The van der Waals surface area contributed by atoms with Crippen LogP contribution in [0.1, 0.15) is 5.76 Å². The number of fused-ring (bicyclic) bond motifs is 1. The molecular weight excluding hydrogens is 308 g/mol. The molecule has 3 aromatic rings. The molecule has 0 aliphatic rings. The Kier molecular flexibility index (Phi) is 4.12. The number of carbonyl (C=O) groups is 1. The summed E-state index contributed by atoms with van der Waals surface area (Å²) < 4.78 is 6.22. The van der Waals surface area contributed by atoms with Crippen LogP contribution in [-0.4, -0.2) is 27.4 Å². The third kappa shape index (κ3) is 2.77. The van der Waals surface area contributed by atoms with E-state index in [-0.39, 0.29) is 18.6 Å². The number of rotatable bonds is 4. The van der Waals surface area contributed by atoms with Gasteiger partial charge in [-0.2, -0.15) is 5.10 Å². The molecule has 0 atom stereocenters. The Labute approximate surface area is 137 Å². The van der Waals surface area contributed by atoms with E-state index in [2.05, 4.69) is 21.5 Å². The van der Waals surface area contributed by atoms with Crippen molar-refractivity contribution in [2.75, 3.05) is 6.54 Å². The van der Waals surface area contributed by atoms with Crippen molar-refractivity contribution in [3.63, 3.8) is 0 Å². The monoisotopic (exact) mass is 322 g/mol. The van der Waals surface area contributed by atoms with Crippen LogP contribution < -0.4 is 10.9 Å². The Morgan fingerprint density at radius 3 is 2.83 bits per heavy atom. The second-order valence-electron chi connectivity index (χ2n) is 5.12. The SMILES string of the molecule is C#CCNC(=O)Cn1nc(-c2ccccc2)c2c(C)onc2c1=O. The largest absolute Gasteiger partial charge is 0.360 e. The standard InChI is InChI=1S/C17H14N4O3/c1-3-9-18-13(22)10-21-17(23)16-14(11(2)24-20-16)15(19-21)12-7-5-4-6-8-12/h1,4-8H,9-10H2,2H3,(H,18,22). The molecule has 24 heavy (non-hydrogen) atoms. The smallest absolute Gasteiger partial charge is 0.297 e. The summed E-state index contributed by atoms with van der Waals surface area (Å²) in [4.78, 5) is 24.4. The molecule has 2 aromatic heterocycles. The molecule has 1 aromatic carbocycles. The van der Waals surface area contributed by atoms with Crippen LogP contribution in [0.5, 0.6) is 0 Å². The van der Waals surface area contributed by atoms with Gasteiger partial charge in [-0.15, -0.1) is 6.42 Å². The average Bonchev–Trinajstić information content (AvgIpc) is 2.98. The molecule has 120 valence electrons. The van der Waals surface area contributed by atoms with Crippen LogP contribution in [0.2, 0.25) is 0 Å². The number of terminal acetylenes is 1. The highest BCUT2D eigenvalue weighted by molar-refractivity contribution is 5.93. The van der Waals surface area contributed by atoms with Gasteiger partial charge in [0.25, 0.3) is 5.56 Å². The lowest BCUT2D eigenvalue weighted by molar-refractivity contribution is -0.121.